The van der Waals surface area contributed by atoms with E-state index in [1.54, 1.807) is 21.3 Å². The van der Waals surface area contributed by atoms with Crippen molar-refractivity contribution in [3.63, 3.8) is 0 Å². The quantitative estimate of drug-likeness (QED) is 0.602. The molecule has 1 heterocycles. The monoisotopic (exact) mass is 353 g/mol. The van der Waals surface area contributed by atoms with E-state index in [9.17, 15) is 4.79 Å². The van der Waals surface area contributed by atoms with Gasteiger partial charge >= 0.3 is 0 Å². The first-order chi connectivity index (χ1) is 12.6. The molecule has 5 heteroatoms. The highest BCUT2D eigenvalue weighted by atomic mass is 16.5. The van der Waals surface area contributed by atoms with E-state index in [1.165, 1.54) is 0 Å². The summed E-state index contributed by atoms with van der Waals surface area (Å²) >= 11 is 0. The van der Waals surface area contributed by atoms with Gasteiger partial charge in [0.1, 0.15) is 5.75 Å². The third-order valence-corrected chi connectivity index (χ3v) is 4.77. The Labute approximate surface area is 153 Å². The van der Waals surface area contributed by atoms with Crippen molar-refractivity contribution in [3.8, 4) is 17.2 Å². The maximum absolute atomic E-state index is 11.6. The maximum atomic E-state index is 11.6. The zero-order chi connectivity index (χ0) is 18.7. The SMILES string of the molecule is COc1ccc2c(c1)c(C=O)c(C)n2CCc1ccc(OC)c(OC)c1. The van der Waals surface area contributed by atoms with Crippen LogP contribution >= 0.6 is 0 Å². The number of aryl methyl sites for hydroxylation is 2. The molecule has 0 radical (unpaired) electrons. The van der Waals surface area contributed by atoms with Crippen LogP contribution in [0.1, 0.15) is 21.6 Å². The topological polar surface area (TPSA) is 49.7 Å². The molecule has 1 aromatic heterocycles. The predicted octanol–water partition coefficient (Wildman–Crippen LogP) is 4.03. The first kappa shape index (κ1) is 17.9. The summed E-state index contributed by atoms with van der Waals surface area (Å²) in [6.45, 7) is 2.74. The minimum Gasteiger partial charge on any atom is -0.497 e. The van der Waals surface area contributed by atoms with Gasteiger partial charge in [-0.25, -0.2) is 0 Å². The number of ether oxygens (including phenoxy) is 3. The summed E-state index contributed by atoms with van der Waals surface area (Å²) < 4.78 is 18.1. The number of fused-ring (bicyclic) bond motifs is 1. The maximum Gasteiger partial charge on any atom is 0.160 e. The van der Waals surface area contributed by atoms with Crippen molar-refractivity contribution in [1.82, 2.24) is 4.57 Å². The van der Waals surface area contributed by atoms with Gasteiger partial charge in [0.05, 0.1) is 21.3 Å². The van der Waals surface area contributed by atoms with Crippen molar-refractivity contribution in [2.24, 2.45) is 0 Å². The Balaban J connectivity index is 1.94. The van der Waals surface area contributed by atoms with Gasteiger partial charge in [-0.05, 0) is 49.2 Å². The van der Waals surface area contributed by atoms with Crippen molar-refractivity contribution in [2.45, 2.75) is 19.9 Å². The van der Waals surface area contributed by atoms with E-state index in [0.29, 0.717) is 11.3 Å². The Morgan fingerprint density at radius 3 is 2.38 bits per heavy atom. The summed E-state index contributed by atoms with van der Waals surface area (Å²) in [6, 6.07) is 11.8. The number of carbonyl (C=O) groups is 1. The lowest BCUT2D eigenvalue weighted by Crippen LogP contribution is -2.04. The number of aromatic nitrogens is 1. The molecular weight excluding hydrogens is 330 g/mol. The predicted molar refractivity (Wildman–Crippen MR) is 102 cm³/mol. The van der Waals surface area contributed by atoms with Crippen LogP contribution in [-0.2, 0) is 13.0 Å². The number of benzene rings is 2. The van der Waals surface area contributed by atoms with Gasteiger partial charge < -0.3 is 18.8 Å². The molecule has 3 rings (SSSR count). The van der Waals surface area contributed by atoms with Crippen LogP contribution < -0.4 is 14.2 Å². The number of nitrogens with zero attached hydrogens (tertiary/aromatic N) is 1. The fourth-order valence-corrected chi connectivity index (χ4v) is 3.33. The Hall–Kier alpha value is -2.95. The highest BCUT2D eigenvalue weighted by molar-refractivity contribution is 6.00. The van der Waals surface area contributed by atoms with Gasteiger partial charge in [0.2, 0.25) is 0 Å². The number of hydrogen-bond donors (Lipinski definition) is 0. The lowest BCUT2D eigenvalue weighted by Gasteiger charge is -2.12. The highest BCUT2D eigenvalue weighted by Crippen LogP contribution is 2.30. The fourth-order valence-electron chi connectivity index (χ4n) is 3.33. The molecular formula is C21H23NO4. The van der Waals surface area contributed by atoms with Crippen LogP contribution in [0, 0.1) is 6.92 Å². The molecule has 3 aromatic rings. The first-order valence-corrected chi connectivity index (χ1v) is 8.45. The van der Waals surface area contributed by atoms with E-state index >= 15 is 0 Å². The molecule has 136 valence electrons. The van der Waals surface area contributed by atoms with Gasteiger partial charge in [-0.1, -0.05) is 6.07 Å². The van der Waals surface area contributed by atoms with Crippen LogP contribution in [0.25, 0.3) is 10.9 Å². The minimum absolute atomic E-state index is 0.714. The normalized spacial score (nSPS) is 10.8. The average Bonchev–Trinajstić information content (AvgIpc) is 2.95. The first-order valence-electron chi connectivity index (χ1n) is 8.45. The lowest BCUT2D eigenvalue weighted by atomic mass is 10.1. The van der Waals surface area contributed by atoms with Crippen molar-refractivity contribution >= 4 is 17.2 Å². The van der Waals surface area contributed by atoms with Crippen molar-refractivity contribution in [3.05, 3.63) is 53.2 Å². The number of rotatable bonds is 7. The standard InChI is InChI=1S/C21H23NO4/c1-14-18(13-23)17-12-16(24-2)6-7-19(17)22(14)10-9-15-5-8-20(25-3)21(11-15)26-4/h5-8,11-13H,9-10H2,1-4H3. The Morgan fingerprint density at radius 1 is 0.962 bits per heavy atom. The summed E-state index contributed by atoms with van der Waals surface area (Å²) in [5.74, 6) is 2.18. The van der Waals surface area contributed by atoms with Crippen LogP contribution in [0.15, 0.2) is 36.4 Å². The van der Waals surface area contributed by atoms with E-state index in [1.807, 2.05) is 43.3 Å². The molecule has 0 fully saturated rings. The zero-order valence-electron chi connectivity index (χ0n) is 15.5. The third-order valence-electron chi connectivity index (χ3n) is 4.77. The van der Waals surface area contributed by atoms with Gasteiger partial charge in [-0.15, -0.1) is 0 Å². The van der Waals surface area contributed by atoms with Gasteiger partial charge in [0.25, 0.3) is 0 Å². The second kappa shape index (κ2) is 7.52. The number of methoxy groups -OCH3 is 3. The van der Waals surface area contributed by atoms with Crippen LogP contribution in [-0.4, -0.2) is 32.2 Å². The summed E-state index contributed by atoms with van der Waals surface area (Å²) in [5.41, 5.74) is 3.85. The molecule has 0 aliphatic carbocycles. The van der Waals surface area contributed by atoms with E-state index in [2.05, 4.69) is 4.57 Å². The van der Waals surface area contributed by atoms with Crippen molar-refractivity contribution in [1.29, 1.82) is 0 Å². The highest BCUT2D eigenvalue weighted by Gasteiger charge is 2.14. The summed E-state index contributed by atoms with van der Waals surface area (Å²) in [4.78, 5) is 11.6. The van der Waals surface area contributed by atoms with Crippen LogP contribution in [0.4, 0.5) is 0 Å². The average molecular weight is 353 g/mol. The molecule has 0 unspecified atom stereocenters. The van der Waals surface area contributed by atoms with Gasteiger partial charge in [0, 0.05) is 28.7 Å². The Morgan fingerprint density at radius 2 is 1.73 bits per heavy atom. The second-order valence-corrected chi connectivity index (χ2v) is 6.09. The smallest absolute Gasteiger partial charge is 0.160 e. The molecule has 0 bridgehead atoms. The van der Waals surface area contributed by atoms with Gasteiger partial charge in [-0.3, -0.25) is 4.79 Å². The molecule has 0 atom stereocenters. The van der Waals surface area contributed by atoms with E-state index in [0.717, 1.165) is 52.9 Å². The second-order valence-electron chi connectivity index (χ2n) is 6.09. The molecule has 0 aliphatic rings. The van der Waals surface area contributed by atoms with Gasteiger partial charge in [-0.2, -0.15) is 0 Å². The fraction of sp³-hybridized carbons (Fsp3) is 0.286. The molecule has 0 spiro atoms. The van der Waals surface area contributed by atoms with Crippen molar-refractivity contribution in [2.75, 3.05) is 21.3 Å². The van der Waals surface area contributed by atoms with E-state index in [4.69, 9.17) is 14.2 Å². The molecule has 2 aromatic carbocycles. The van der Waals surface area contributed by atoms with Gasteiger partial charge in [0.15, 0.2) is 17.8 Å². The molecule has 26 heavy (non-hydrogen) atoms. The molecule has 0 N–H and O–H groups in total. The van der Waals surface area contributed by atoms with Crippen LogP contribution in [0.2, 0.25) is 0 Å². The molecule has 0 saturated carbocycles. The largest absolute Gasteiger partial charge is 0.497 e. The third kappa shape index (κ3) is 3.12. The van der Waals surface area contributed by atoms with E-state index < -0.39 is 0 Å². The molecule has 0 saturated heterocycles. The van der Waals surface area contributed by atoms with Crippen LogP contribution in [0.5, 0.6) is 17.2 Å². The summed E-state index contributed by atoms with van der Waals surface area (Å²) in [6.07, 6.45) is 1.74. The number of aldehydes is 1. The minimum atomic E-state index is 0.714. The Bertz CT molecular complexity index is 943. The lowest BCUT2D eigenvalue weighted by molar-refractivity contribution is 0.112. The Kier molecular flexibility index (Phi) is 5.16. The van der Waals surface area contributed by atoms with Crippen LogP contribution in [0.3, 0.4) is 0 Å². The zero-order valence-corrected chi connectivity index (χ0v) is 15.5. The van der Waals surface area contributed by atoms with E-state index in [-0.39, 0.29) is 0 Å². The summed E-state index contributed by atoms with van der Waals surface area (Å²) in [7, 11) is 4.89. The molecule has 5 nitrogen and oxygen atoms in total. The summed E-state index contributed by atoms with van der Waals surface area (Å²) in [5, 5.41) is 0.921. The molecule has 0 amide bonds. The molecule has 0 aliphatic heterocycles. The number of carbonyl (C=O) groups excluding carboxylic acids is 1. The number of hydrogen-bond acceptors (Lipinski definition) is 4. The van der Waals surface area contributed by atoms with Crippen molar-refractivity contribution < 1.29 is 19.0 Å².